The number of halogens is 2. The van der Waals surface area contributed by atoms with Gasteiger partial charge in [-0.05, 0) is 37.6 Å². The molecule has 1 aromatic carbocycles. The lowest BCUT2D eigenvalue weighted by atomic mass is 10.1. The molecule has 3 aromatic rings. The minimum Gasteiger partial charge on any atom is -0.390 e. The lowest BCUT2D eigenvalue weighted by Gasteiger charge is -1.97. The van der Waals surface area contributed by atoms with E-state index in [1.54, 1.807) is 18.2 Å². The summed E-state index contributed by atoms with van der Waals surface area (Å²) in [6.45, 7) is 4.00. The van der Waals surface area contributed by atoms with Gasteiger partial charge >= 0.3 is 0 Å². The van der Waals surface area contributed by atoms with Crippen LogP contribution in [0.15, 0.2) is 22.7 Å². The molecule has 108 valence electrons. The van der Waals surface area contributed by atoms with Crippen molar-refractivity contribution in [3.8, 4) is 22.8 Å². The van der Waals surface area contributed by atoms with Gasteiger partial charge in [0, 0.05) is 10.4 Å². The average molecular weight is 340 g/mol. The summed E-state index contributed by atoms with van der Waals surface area (Å²) in [5.74, 6) is 0.863. The predicted octanol–water partition coefficient (Wildman–Crippen LogP) is 4.97. The van der Waals surface area contributed by atoms with E-state index >= 15 is 0 Å². The Morgan fingerprint density at radius 1 is 1.19 bits per heavy atom. The molecule has 0 saturated heterocycles. The fraction of sp³-hybridized carbons (Fsp3) is 0.143. The van der Waals surface area contributed by atoms with Crippen molar-refractivity contribution in [1.82, 2.24) is 10.1 Å². The lowest BCUT2D eigenvalue weighted by Crippen LogP contribution is -1.87. The Bertz CT molecular complexity index is 826. The molecule has 0 bridgehead atoms. The summed E-state index contributed by atoms with van der Waals surface area (Å²) in [6, 6.07) is 5.19. The SMILES string of the molecule is Cc1sc(N)c(-c2nc(-c3ccc(Cl)c(Cl)c3)no2)c1C. The van der Waals surface area contributed by atoms with Crippen LogP contribution in [0.3, 0.4) is 0 Å². The third-order valence-electron chi connectivity index (χ3n) is 3.23. The van der Waals surface area contributed by atoms with Gasteiger partial charge in [0.1, 0.15) is 0 Å². The van der Waals surface area contributed by atoms with Crippen LogP contribution in [0, 0.1) is 13.8 Å². The van der Waals surface area contributed by atoms with E-state index < -0.39 is 0 Å². The summed E-state index contributed by atoms with van der Waals surface area (Å²) in [5.41, 5.74) is 8.62. The number of nitrogens with zero attached hydrogens (tertiary/aromatic N) is 2. The van der Waals surface area contributed by atoms with Gasteiger partial charge in [-0.15, -0.1) is 11.3 Å². The highest BCUT2D eigenvalue weighted by Gasteiger charge is 2.19. The van der Waals surface area contributed by atoms with Crippen molar-refractivity contribution in [2.75, 3.05) is 5.73 Å². The van der Waals surface area contributed by atoms with Gasteiger partial charge in [0.2, 0.25) is 5.82 Å². The van der Waals surface area contributed by atoms with Crippen LogP contribution in [0.4, 0.5) is 5.00 Å². The largest absolute Gasteiger partial charge is 0.390 e. The summed E-state index contributed by atoms with van der Waals surface area (Å²) in [5, 5.41) is 5.59. The zero-order valence-electron chi connectivity index (χ0n) is 11.3. The van der Waals surface area contributed by atoms with Crippen LogP contribution < -0.4 is 5.73 Å². The molecule has 0 amide bonds. The second-order valence-corrected chi connectivity index (χ2v) is 6.65. The molecule has 0 fully saturated rings. The Labute approximate surface area is 135 Å². The Kier molecular flexibility index (Phi) is 3.65. The molecule has 3 rings (SSSR count). The van der Waals surface area contributed by atoms with Gasteiger partial charge in [0.05, 0.1) is 20.6 Å². The minimum absolute atomic E-state index is 0.412. The van der Waals surface area contributed by atoms with Crippen molar-refractivity contribution >= 4 is 39.5 Å². The highest BCUT2D eigenvalue weighted by atomic mass is 35.5. The number of hydrogen-bond donors (Lipinski definition) is 1. The summed E-state index contributed by atoms with van der Waals surface area (Å²) >= 11 is 13.4. The quantitative estimate of drug-likeness (QED) is 0.715. The first-order valence-corrected chi connectivity index (χ1v) is 7.69. The van der Waals surface area contributed by atoms with Gasteiger partial charge < -0.3 is 10.3 Å². The standard InChI is InChI=1S/C14H11Cl2N3OS/c1-6-7(2)21-12(17)11(6)14-18-13(19-20-14)8-3-4-9(15)10(16)5-8/h3-5H,17H2,1-2H3. The van der Waals surface area contributed by atoms with Crippen LogP contribution in [0.1, 0.15) is 10.4 Å². The fourth-order valence-electron chi connectivity index (χ4n) is 2.00. The highest BCUT2D eigenvalue weighted by molar-refractivity contribution is 7.16. The lowest BCUT2D eigenvalue weighted by molar-refractivity contribution is 0.432. The van der Waals surface area contributed by atoms with Crippen molar-refractivity contribution in [2.45, 2.75) is 13.8 Å². The third kappa shape index (κ3) is 2.52. The molecule has 0 aliphatic heterocycles. The molecule has 21 heavy (non-hydrogen) atoms. The number of hydrogen-bond acceptors (Lipinski definition) is 5. The maximum absolute atomic E-state index is 6.02. The van der Waals surface area contributed by atoms with Crippen molar-refractivity contribution in [3.05, 3.63) is 38.7 Å². The Morgan fingerprint density at radius 2 is 1.95 bits per heavy atom. The number of benzene rings is 1. The van der Waals surface area contributed by atoms with E-state index in [1.165, 1.54) is 11.3 Å². The van der Waals surface area contributed by atoms with Gasteiger partial charge in [0.15, 0.2) is 0 Å². The van der Waals surface area contributed by atoms with Crippen LogP contribution >= 0.6 is 34.5 Å². The van der Waals surface area contributed by atoms with Crippen molar-refractivity contribution < 1.29 is 4.52 Å². The molecule has 2 heterocycles. The summed E-state index contributed by atoms with van der Waals surface area (Å²) < 4.78 is 5.34. The van der Waals surface area contributed by atoms with Crippen molar-refractivity contribution in [1.29, 1.82) is 0 Å². The fourth-order valence-corrected chi connectivity index (χ4v) is 3.22. The zero-order chi connectivity index (χ0) is 15.1. The Hall–Kier alpha value is -1.56. The van der Waals surface area contributed by atoms with E-state index in [0.29, 0.717) is 26.8 Å². The van der Waals surface area contributed by atoms with E-state index in [1.807, 2.05) is 13.8 Å². The molecule has 7 heteroatoms. The second kappa shape index (κ2) is 5.33. The second-order valence-electron chi connectivity index (χ2n) is 4.57. The third-order valence-corrected chi connectivity index (χ3v) is 5.01. The molecule has 0 atom stereocenters. The minimum atomic E-state index is 0.412. The number of rotatable bonds is 2. The molecule has 2 aromatic heterocycles. The molecule has 0 spiro atoms. The molecule has 4 nitrogen and oxygen atoms in total. The Balaban J connectivity index is 2.05. The summed E-state index contributed by atoms with van der Waals surface area (Å²) in [7, 11) is 0. The van der Waals surface area contributed by atoms with Crippen LogP contribution in [-0.2, 0) is 0 Å². The highest BCUT2D eigenvalue weighted by Crippen LogP contribution is 2.38. The first-order chi connectivity index (χ1) is 9.97. The van der Waals surface area contributed by atoms with Gasteiger partial charge in [-0.25, -0.2) is 0 Å². The number of nitrogens with two attached hydrogens (primary N) is 1. The number of thiophene rings is 1. The first-order valence-electron chi connectivity index (χ1n) is 6.12. The molecule has 0 unspecified atom stereocenters. The van der Waals surface area contributed by atoms with E-state index in [4.69, 9.17) is 33.5 Å². The van der Waals surface area contributed by atoms with Gasteiger partial charge in [-0.3, -0.25) is 0 Å². The van der Waals surface area contributed by atoms with Crippen LogP contribution in [0.5, 0.6) is 0 Å². The van der Waals surface area contributed by atoms with E-state index in [9.17, 15) is 0 Å². The molecule has 0 radical (unpaired) electrons. The van der Waals surface area contributed by atoms with E-state index in [2.05, 4.69) is 10.1 Å². The maximum atomic E-state index is 6.02. The number of anilines is 1. The normalized spacial score (nSPS) is 11.0. The monoisotopic (exact) mass is 339 g/mol. The number of aryl methyl sites for hydroxylation is 1. The topological polar surface area (TPSA) is 64.9 Å². The van der Waals surface area contributed by atoms with Crippen LogP contribution in [0.25, 0.3) is 22.8 Å². The predicted molar refractivity (Wildman–Crippen MR) is 87.0 cm³/mol. The zero-order valence-corrected chi connectivity index (χ0v) is 13.6. The van der Waals surface area contributed by atoms with Gasteiger partial charge in [-0.1, -0.05) is 28.4 Å². The molecule has 0 saturated carbocycles. The molecule has 0 aliphatic carbocycles. The summed E-state index contributed by atoms with van der Waals surface area (Å²) in [6.07, 6.45) is 0. The van der Waals surface area contributed by atoms with Gasteiger partial charge in [0.25, 0.3) is 5.89 Å². The molecule has 0 aliphatic rings. The van der Waals surface area contributed by atoms with Crippen LogP contribution in [-0.4, -0.2) is 10.1 Å². The number of aromatic nitrogens is 2. The van der Waals surface area contributed by atoms with Crippen molar-refractivity contribution in [2.24, 2.45) is 0 Å². The Morgan fingerprint density at radius 3 is 2.57 bits per heavy atom. The average Bonchev–Trinajstić information content (AvgIpc) is 2.99. The maximum Gasteiger partial charge on any atom is 0.261 e. The number of nitrogen functional groups attached to an aromatic ring is 1. The van der Waals surface area contributed by atoms with E-state index in [0.717, 1.165) is 21.6 Å². The molecule has 2 N–H and O–H groups in total. The van der Waals surface area contributed by atoms with Gasteiger partial charge in [-0.2, -0.15) is 4.98 Å². The van der Waals surface area contributed by atoms with Crippen molar-refractivity contribution in [3.63, 3.8) is 0 Å². The van der Waals surface area contributed by atoms with E-state index in [-0.39, 0.29) is 0 Å². The molecular formula is C14H11Cl2N3OS. The first kappa shape index (κ1) is 14.4. The summed E-state index contributed by atoms with van der Waals surface area (Å²) in [4.78, 5) is 5.54. The molecular weight excluding hydrogens is 329 g/mol. The van der Waals surface area contributed by atoms with Crippen LogP contribution in [0.2, 0.25) is 10.0 Å². The smallest absolute Gasteiger partial charge is 0.261 e.